The minimum absolute atomic E-state index is 0. The summed E-state index contributed by atoms with van der Waals surface area (Å²) >= 11 is 0. The standard InChI is InChI=1S/C14H17N2O.CH3.Y/c1-3-17-14-8-11-10-6-4-5-7-12(10)15-13(11)9-16(14)2;;/h4-7,14-15H,1,3,8-9H2,2H3;1H3;/q2*-1;. The van der Waals surface area contributed by atoms with E-state index >= 15 is 0 Å². The zero-order valence-corrected chi connectivity index (χ0v) is 14.5. The Morgan fingerprint density at radius 3 is 2.89 bits per heavy atom. The molecule has 2 heterocycles. The van der Waals surface area contributed by atoms with Crippen molar-refractivity contribution in [1.82, 2.24) is 9.88 Å². The molecule has 0 spiro atoms. The Morgan fingerprint density at radius 2 is 2.16 bits per heavy atom. The number of rotatable bonds is 2. The van der Waals surface area contributed by atoms with Crippen LogP contribution in [0.3, 0.4) is 0 Å². The van der Waals surface area contributed by atoms with Crippen LogP contribution < -0.4 is 0 Å². The minimum Gasteiger partial charge on any atom is -0.395 e. The van der Waals surface area contributed by atoms with Crippen molar-refractivity contribution in [3.63, 3.8) is 0 Å². The number of para-hydroxylation sites is 1. The first-order chi connectivity index (χ1) is 8.29. The summed E-state index contributed by atoms with van der Waals surface area (Å²) in [5.74, 6) is 0. The van der Waals surface area contributed by atoms with Crippen molar-refractivity contribution in [1.29, 1.82) is 0 Å². The molecule has 0 saturated heterocycles. The van der Waals surface area contributed by atoms with Crippen LogP contribution in [-0.2, 0) is 50.4 Å². The average molecular weight is 333 g/mol. The third-order valence-electron chi connectivity index (χ3n) is 3.49. The number of H-pyrrole nitrogens is 1. The summed E-state index contributed by atoms with van der Waals surface area (Å²) < 4.78 is 5.67. The van der Waals surface area contributed by atoms with Gasteiger partial charge in [0.15, 0.2) is 0 Å². The van der Waals surface area contributed by atoms with Crippen molar-refractivity contribution < 1.29 is 37.4 Å². The second-order valence-electron chi connectivity index (χ2n) is 4.57. The van der Waals surface area contributed by atoms with Gasteiger partial charge in [-0.15, -0.1) is 0 Å². The second-order valence-corrected chi connectivity index (χ2v) is 4.57. The average Bonchev–Trinajstić information content (AvgIpc) is 2.67. The fourth-order valence-electron chi connectivity index (χ4n) is 2.63. The number of aromatic nitrogens is 1. The SMILES string of the molecule is [CH2-]COC1Cc2c([nH]c3ccccc23)CN1C.[CH3-].[Y]. The molecule has 1 aromatic carbocycles. The summed E-state index contributed by atoms with van der Waals surface area (Å²) in [4.78, 5) is 5.72. The van der Waals surface area contributed by atoms with Crippen LogP contribution in [0.4, 0.5) is 0 Å². The molecule has 0 bridgehead atoms. The zero-order valence-electron chi connectivity index (χ0n) is 11.6. The van der Waals surface area contributed by atoms with Gasteiger partial charge in [0.1, 0.15) is 6.23 Å². The molecule has 3 rings (SSSR count). The molecule has 0 aliphatic carbocycles. The Labute approximate surface area is 140 Å². The number of nitrogens with zero attached hydrogens (tertiary/aromatic N) is 1. The van der Waals surface area contributed by atoms with Gasteiger partial charge in [-0.3, -0.25) is 4.90 Å². The molecule has 0 saturated carbocycles. The maximum absolute atomic E-state index is 5.67. The van der Waals surface area contributed by atoms with Gasteiger partial charge in [0.25, 0.3) is 0 Å². The number of aromatic amines is 1. The van der Waals surface area contributed by atoms with E-state index in [1.165, 1.54) is 22.2 Å². The summed E-state index contributed by atoms with van der Waals surface area (Å²) in [6.45, 7) is 5.20. The van der Waals surface area contributed by atoms with Crippen LogP contribution in [0.2, 0.25) is 0 Å². The van der Waals surface area contributed by atoms with Gasteiger partial charge in [0.2, 0.25) is 0 Å². The van der Waals surface area contributed by atoms with Crippen molar-refractivity contribution in [3.05, 3.63) is 49.9 Å². The molecule has 19 heavy (non-hydrogen) atoms. The first-order valence-corrected chi connectivity index (χ1v) is 5.99. The van der Waals surface area contributed by atoms with E-state index in [0.29, 0.717) is 6.61 Å². The van der Waals surface area contributed by atoms with Crippen LogP contribution in [0, 0.1) is 14.4 Å². The normalized spacial score (nSPS) is 18.5. The van der Waals surface area contributed by atoms with Crippen LogP contribution in [0.15, 0.2) is 24.3 Å². The van der Waals surface area contributed by atoms with Gasteiger partial charge < -0.3 is 24.1 Å². The first-order valence-electron chi connectivity index (χ1n) is 5.99. The third kappa shape index (κ3) is 3.10. The van der Waals surface area contributed by atoms with Crippen LogP contribution in [0.5, 0.6) is 0 Å². The molecule has 1 atom stereocenters. The zero-order chi connectivity index (χ0) is 11.8. The molecule has 0 fully saturated rings. The van der Waals surface area contributed by atoms with Crippen molar-refractivity contribution in [2.45, 2.75) is 19.2 Å². The summed E-state index contributed by atoms with van der Waals surface area (Å²) in [6.07, 6.45) is 1.09. The van der Waals surface area contributed by atoms with E-state index in [4.69, 9.17) is 4.74 Å². The maximum Gasteiger partial charge on any atom is 0.111 e. The van der Waals surface area contributed by atoms with E-state index in [9.17, 15) is 0 Å². The molecule has 1 aliphatic rings. The van der Waals surface area contributed by atoms with Gasteiger partial charge in [-0.25, -0.2) is 0 Å². The van der Waals surface area contributed by atoms with Gasteiger partial charge in [0, 0.05) is 62.3 Å². The van der Waals surface area contributed by atoms with Gasteiger partial charge in [-0.1, -0.05) is 24.8 Å². The molecule has 1 N–H and O–H groups in total. The molecule has 1 radical (unpaired) electrons. The number of hydrogen-bond donors (Lipinski definition) is 1. The van der Waals surface area contributed by atoms with Crippen molar-refractivity contribution in [2.24, 2.45) is 0 Å². The predicted octanol–water partition coefficient (Wildman–Crippen LogP) is 2.78. The van der Waals surface area contributed by atoms with Crippen LogP contribution in [-0.4, -0.2) is 29.8 Å². The predicted molar refractivity (Wildman–Crippen MR) is 75.0 cm³/mol. The Balaban J connectivity index is 0.000000902. The smallest absolute Gasteiger partial charge is 0.111 e. The fraction of sp³-hybridized carbons (Fsp3) is 0.333. The van der Waals surface area contributed by atoms with Crippen LogP contribution >= 0.6 is 0 Å². The Hall–Kier alpha value is -0.216. The van der Waals surface area contributed by atoms with Gasteiger partial charge >= 0.3 is 0 Å². The van der Waals surface area contributed by atoms with Crippen LogP contribution in [0.1, 0.15) is 11.3 Å². The Morgan fingerprint density at radius 1 is 1.42 bits per heavy atom. The number of ether oxygens (including phenoxy) is 1. The molecular weight excluding hydrogens is 313 g/mol. The molecule has 3 nitrogen and oxygen atoms in total. The van der Waals surface area contributed by atoms with E-state index < -0.39 is 0 Å². The van der Waals surface area contributed by atoms with Crippen molar-refractivity contribution in [2.75, 3.05) is 13.7 Å². The molecule has 101 valence electrons. The molecule has 2 aromatic rings. The summed E-state index contributed by atoms with van der Waals surface area (Å²) in [5, 5.41) is 1.33. The third-order valence-corrected chi connectivity index (χ3v) is 3.49. The largest absolute Gasteiger partial charge is 0.395 e. The molecule has 0 amide bonds. The molecule has 1 aromatic heterocycles. The molecule has 4 heteroatoms. The number of nitrogens with one attached hydrogen (secondary N) is 1. The maximum atomic E-state index is 5.67. The number of hydrogen-bond acceptors (Lipinski definition) is 2. The molecular formula is C15H20N2OY-2. The van der Waals surface area contributed by atoms with Gasteiger partial charge in [-0.2, -0.15) is 0 Å². The molecule has 1 unspecified atom stereocenters. The van der Waals surface area contributed by atoms with Crippen LogP contribution in [0.25, 0.3) is 10.9 Å². The number of fused-ring (bicyclic) bond motifs is 3. The summed E-state index contributed by atoms with van der Waals surface area (Å²) in [6, 6.07) is 8.46. The first kappa shape index (κ1) is 16.8. The Kier molecular flexibility index (Phi) is 6.19. The van der Waals surface area contributed by atoms with E-state index in [1.54, 1.807) is 0 Å². The number of benzene rings is 1. The minimum atomic E-state index is 0. The summed E-state index contributed by atoms with van der Waals surface area (Å²) in [7, 11) is 2.09. The molecule has 1 aliphatic heterocycles. The summed E-state index contributed by atoms with van der Waals surface area (Å²) in [5.41, 5.74) is 3.94. The second kappa shape index (κ2) is 6.98. The van der Waals surface area contributed by atoms with Crippen molar-refractivity contribution >= 4 is 10.9 Å². The van der Waals surface area contributed by atoms with E-state index in [2.05, 4.69) is 48.1 Å². The van der Waals surface area contributed by atoms with E-state index in [0.717, 1.165) is 13.0 Å². The Bertz CT molecular complexity index is 538. The van der Waals surface area contributed by atoms with Gasteiger partial charge in [-0.05, 0) is 18.7 Å². The van der Waals surface area contributed by atoms with E-state index in [-0.39, 0.29) is 46.4 Å². The van der Waals surface area contributed by atoms with Crippen molar-refractivity contribution in [3.8, 4) is 0 Å². The number of likely N-dealkylation sites (N-methyl/N-ethyl adjacent to an activating group) is 1. The fourth-order valence-corrected chi connectivity index (χ4v) is 2.63. The van der Waals surface area contributed by atoms with Gasteiger partial charge in [0.05, 0.1) is 0 Å². The van der Waals surface area contributed by atoms with E-state index in [1.807, 2.05) is 0 Å². The quantitative estimate of drug-likeness (QED) is 0.856. The monoisotopic (exact) mass is 333 g/mol. The topological polar surface area (TPSA) is 28.3 Å².